The van der Waals surface area contributed by atoms with Gasteiger partial charge < -0.3 is 24.8 Å². The average molecular weight is 433 g/mol. The predicted molar refractivity (Wildman–Crippen MR) is 89.4 cm³/mol. The molecule has 0 N–H and O–H groups in total. The fourth-order valence-corrected chi connectivity index (χ4v) is 2.82. The normalized spacial score (nSPS) is 13.3. The Morgan fingerprint density at radius 1 is 0.917 bits per heavy atom. The van der Waals surface area contributed by atoms with Gasteiger partial charge in [0.1, 0.15) is 0 Å². The van der Waals surface area contributed by atoms with Crippen molar-refractivity contribution in [2.24, 2.45) is 0 Å². The van der Waals surface area contributed by atoms with Crippen LogP contribution in [0.3, 0.4) is 0 Å². The Bertz CT molecular complexity index is 670. The van der Waals surface area contributed by atoms with Crippen molar-refractivity contribution < 1.29 is 51.0 Å². The van der Waals surface area contributed by atoms with Crippen LogP contribution in [0.4, 0.5) is 0 Å². The fourth-order valence-electron chi connectivity index (χ4n) is 2.82. The largest absolute Gasteiger partial charge is 4.00 e. The smallest absolute Gasteiger partial charge is 1.00 e. The molecule has 3 aromatic carbocycles. The van der Waals surface area contributed by atoms with Gasteiger partial charge in [-0.15, -0.1) is 11.1 Å². The second-order valence-electron chi connectivity index (χ2n) is 5.05. The number of allylic oxidation sites excluding steroid dienone is 2. The van der Waals surface area contributed by atoms with E-state index in [0.29, 0.717) is 5.92 Å². The van der Waals surface area contributed by atoms with E-state index in [1.54, 1.807) is 0 Å². The number of hydrogen-bond acceptors (Lipinski definition) is 0. The summed E-state index contributed by atoms with van der Waals surface area (Å²) < 4.78 is 0. The molecule has 0 spiro atoms. The molecule has 1 aliphatic carbocycles. The fraction of sp³-hybridized carbons (Fsp3) is 0.0952. The van der Waals surface area contributed by atoms with E-state index in [-0.39, 0.29) is 51.0 Å². The van der Waals surface area contributed by atoms with Crippen molar-refractivity contribution in [1.29, 1.82) is 0 Å². The zero-order valence-corrected chi connectivity index (χ0v) is 17.4. The Labute approximate surface area is 176 Å². The van der Waals surface area contributed by atoms with Gasteiger partial charge in [0, 0.05) is 5.92 Å². The molecule has 0 fully saturated rings. The maximum Gasteiger partial charge on any atom is 4.00 e. The van der Waals surface area contributed by atoms with Crippen LogP contribution in [0.25, 0.3) is 11.1 Å². The molecule has 0 saturated carbocycles. The summed E-state index contributed by atoms with van der Waals surface area (Å²) in [5.41, 5.74) is 5.40. The molecule has 0 radical (unpaired) electrons. The maximum atomic E-state index is 3.38. The standard InChI is InChI=1S/C16H13.C5H5.2ClH.Zr/c1-2-7-12-13-8-3-5-10-15(13)16-11-6-4-9-14(12)16;1-2-4-5-3-1;;;/h2-8,10-12H,1H3;1-5H;2*1H;/q2*-1;;;+4/p-2. The second-order valence-corrected chi connectivity index (χ2v) is 5.05. The van der Waals surface area contributed by atoms with E-state index in [4.69, 9.17) is 0 Å². The van der Waals surface area contributed by atoms with E-state index in [2.05, 4.69) is 61.5 Å². The summed E-state index contributed by atoms with van der Waals surface area (Å²) in [5.74, 6) is 0.386. The number of rotatable bonds is 1. The monoisotopic (exact) mass is 430 g/mol. The van der Waals surface area contributed by atoms with E-state index in [9.17, 15) is 0 Å². The van der Waals surface area contributed by atoms with E-state index in [0.717, 1.165) is 0 Å². The van der Waals surface area contributed by atoms with Gasteiger partial charge in [-0.25, -0.2) is 12.1 Å². The Kier molecular flexibility index (Phi) is 11.0. The van der Waals surface area contributed by atoms with Gasteiger partial charge >= 0.3 is 26.2 Å². The summed E-state index contributed by atoms with van der Waals surface area (Å²) in [6.45, 7) is 2.07. The molecule has 3 aromatic rings. The molecule has 1 aliphatic rings. The Morgan fingerprint density at radius 2 is 1.58 bits per heavy atom. The third-order valence-electron chi connectivity index (χ3n) is 3.73. The van der Waals surface area contributed by atoms with Crippen molar-refractivity contribution >= 4 is 0 Å². The molecule has 0 aromatic heterocycles. The van der Waals surface area contributed by atoms with Gasteiger partial charge in [0.2, 0.25) is 0 Å². The van der Waals surface area contributed by atoms with Gasteiger partial charge in [0.05, 0.1) is 0 Å². The van der Waals surface area contributed by atoms with Crippen LogP contribution in [0.15, 0.2) is 84.9 Å². The zero-order chi connectivity index (χ0) is 14.5. The molecule has 0 saturated heterocycles. The van der Waals surface area contributed by atoms with E-state index >= 15 is 0 Å². The van der Waals surface area contributed by atoms with Crippen molar-refractivity contribution in [3.8, 4) is 11.1 Å². The number of halogens is 2. The molecule has 0 amide bonds. The minimum absolute atomic E-state index is 0. The van der Waals surface area contributed by atoms with Crippen molar-refractivity contribution in [2.45, 2.75) is 12.8 Å². The minimum Gasteiger partial charge on any atom is -1.00 e. The minimum atomic E-state index is 0. The summed E-state index contributed by atoms with van der Waals surface area (Å²) in [5, 5.41) is 0. The van der Waals surface area contributed by atoms with Crippen LogP contribution in [0.1, 0.15) is 24.0 Å². The van der Waals surface area contributed by atoms with Gasteiger partial charge in [0.25, 0.3) is 0 Å². The van der Waals surface area contributed by atoms with Crippen LogP contribution in [-0.2, 0) is 26.2 Å². The van der Waals surface area contributed by atoms with Gasteiger partial charge in [-0.3, -0.25) is 0 Å². The molecule has 0 heterocycles. The predicted octanol–water partition coefficient (Wildman–Crippen LogP) is -0.414. The van der Waals surface area contributed by atoms with Gasteiger partial charge in [-0.2, -0.15) is 42.5 Å². The first-order valence-corrected chi connectivity index (χ1v) is 7.31. The molecular weight excluding hydrogens is 414 g/mol. The summed E-state index contributed by atoms with van der Waals surface area (Å²) >= 11 is 0. The second kappa shape index (κ2) is 11.5. The van der Waals surface area contributed by atoms with Crippen LogP contribution in [-0.4, -0.2) is 0 Å². The molecule has 0 nitrogen and oxygen atoms in total. The van der Waals surface area contributed by atoms with E-state index in [1.807, 2.05) is 36.4 Å². The van der Waals surface area contributed by atoms with Crippen molar-refractivity contribution in [1.82, 2.24) is 0 Å². The van der Waals surface area contributed by atoms with Crippen molar-refractivity contribution in [2.75, 3.05) is 0 Å². The van der Waals surface area contributed by atoms with Crippen molar-refractivity contribution in [3.63, 3.8) is 0 Å². The molecule has 0 aliphatic heterocycles. The first kappa shape index (κ1) is 23.0. The third-order valence-corrected chi connectivity index (χ3v) is 3.73. The Morgan fingerprint density at radius 3 is 2.21 bits per heavy atom. The molecule has 1 atom stereocenters. The number of fused-ring (bicyclic) bond motifs is 3. The van der Waals surface area contributed by atoms with E-state index in [1.165, 1.54) is 22.3 Å². The Balaban J connectivity index is 0.000000578. The van der Waals surface area contributed by atoms with E-state index < -0.39 is 0 Å². The maximum absolute atomic E-state index is 3.38. The summed E-state index contributed by atoms with van der Waals surface area (Å²) in [7, 11) is 0. The molecule has 24 heavy (non-hydrogen) atoms. The first-order chi connectivity index (χ1) is 10.4. The topological polar surface area (TPSA) is 0 Å². The molecule has 1 unspecified atom stereocenters. The quantitative estimate of drug-likeness (QED) is 0.362. The van der Waals surface area contributed by atoms with Gasteiger partial charge in [-0.05, 0) is 12.5 Å². The van der Waals surface area contributed by atoms with Gasteiger partial charge in [-0.1, -0.05) is 42.0 Å². The summed E-state index contributed by atoms with van der Waals surface area (Å²) in [6.07, 6.45) is 4.37. The summed E-state index contributed by atoms with van der Waals surface area (Å²) in [6, 6.07) is 28.3. The molecular formula is C21H18Cl2Zr. The number of benzene rings is 2. The summed E-state index contributed by atoms with van der Waals surface area (Å²) in [4.78, 5) is 0. The van der Waals surface area contributed by atoms with Crippen LogP contribution in [0.2, 0.25) is 0 Å². The SMILES string of the molecule is CC=CC1c2[c-]cccc2-c2ccccc21.[Cl-].[Cl-].[Zr+4].c1cc[cH-]c1. The van der Waals surface area contributed by atoms with Crippen LogP contribution in [0.5, 0.6) is 0 Å². The van der Waals surface area contributed by atoms with Gasteiger partial charge in [0.15, 0.2) is 0 Å². The third kappa shape index (κ3) is 4.99. The average Bonchev–Trinajstić information content (AvgIpc) is 3.20. The van der Waals surface area contributed by atoms with Crippen molar-refractivity contribution in [3.05, 3.63) is 102 Å². The first-order valence-electron chi connectivity index (χ1n) is 7.31. The molecule has 120 valence electrons. The molecule has 0 bridgehead atoms. The molecule has 3 heteroatoms. The number of hydrogen-bond donors (Lipinski definition) is 0. The molecule has 4 rings (SSSR count). The van der Waals surface area contributed by atoms with Crippen LogP contribution in [0, 0.1) is 6.07 Å². The van der Waals surface area contributed by atoms with Crippen LogP contribution >= 0.6 is 0 Å². The zero-order valence-electron chi connectivity index (χ0n) is 13.4. The van der Waals surface area contributed by atoms with Crippen LogP contribution < -0.4 is 24.8 Å². The Hall–Kier alpha value is -1.01.